The molecule has 3 rings (SSSR count). The Balaban J connectivity index is 1.79. The first-order valence-electron chi connectivity index (χ1n) is 7.36. The van der Waals surface area contributed by atoms with Crippen molar-refractivity contribution in [1.29, 1.82) is 0 Å². The fourth-order valence-corrected chi connectivity index (χ4v) is 2.28. The molecule has 3 aromatic rings. The molecule has 3 N–H and O–H groups in total. The fourth-order valence-electron chi connectivity index (χ4n) is 2.28. The first-order valence-corrected chi connectivity index (χ1v) is 7.36. The third kappa shape index (κ3) is 3.19. The van der Waals surface area contributed by atoms with Gasteiger partial charge >= 0.3 is 0 Å². The summed E-state index contributed by atoms with van der Waals surface area (Å²) in [5, 5.41) is 10.6. The number of benzene rings is 2. The lowest BCUT2D eigenvalue weighted by Gasteiger charge is -2.09. The van der Waals surface area contributed by atoms with Gasteiger partial charge in [-0.25, -0.2) is 4.68 Å². The second-order valence-electron chi connectivity index (χ2n) is 5.12. The number of anilines is 2. The van der Waals surface area contributed by atoms with Gasteiger partial charge in [0.2, 0.25) is 0 Å². The molecular formula is C17H17N5O2. The monoisotopic (exact) mass is 323 g/mol. The van der Waals surface area contributed by atoms with Crippen LogP contribution in [0, 0.1) is 0 Å². The lowest BCUT2D eigenvalue weighted by atomic mass is 10.2. The number of ether oxygens (including phenoxy) is 1. The summed E-state index contributed by atoms with van der Waals surface area (Å²) < 4.78 is 6.70. The van der Waals surface area contributed by atoms with E-state index in [1.54, 1.807) is 18.2 Å². The van der Waals surface area contributed by atoms with Crippen LogP contribution in [0.3, 0.4) is 0 Å². The molecule has 122 valence electrons. The number of aromatic nitrogens is 3. The smallest absolute Gasteiger partial charge is 0.280 e. The van der Waals surface area contributed by atoms with Crippen LogP contribution >= 0.6 is 0 Å². The van der Waals surface area contributed by atoms with Gasteiger partial charge in [0, 0.05) is 0 Å². The van der Waals surface area contributed by atoms with Crippen LogP contribution in [0.2, 0.25) is 0 Å². The van der Waals surface area contributed by atoms with E-state index in [0.717, 1.165) is 5.56 Å². The third-order valence-corrected chi connectivity index (χ3v) is 3.52. The fraction of sp³-hybridized carbons (Fsp3) is 0.118. The summed E-state index contributed by atoms with van der Waals surface area (Å²) in [6, 6.07) is 16.8. The van der Waals surface area contributed by atoms with Crippen molar-refractivity contribution < 1.29 is 9.53 Å². The van der Waals surface area contributed by atoms with E-state index in [-0.39, 0.29) is 11.5 Å². The van der Waals surface area contributed by atoms with Gasteiger partial charge in [0.25, 0.3) is 5.91 Å². The Kier molecular flexibility index (Phi) is 4.42. The summed E-state index contributed by atoms with van der Waals surface area (Å²) in [6.07, 6.45) is 0. The average Bonchev–Trinajstić information content (AvgIpc) is 2.97. The topological polar surface area (TPSA) is 95.1 Å². The molecule has 0 atom stereocenters. The second-order valence-corrected chi connectivity index (χ2v) is 5.12. The summed E-state index contributed by atoms with van der Waals surface area (Å²) in [5.74, 6) is 0.337. The number of nitrogen functional groups attached to an aromatic ring is 1. The zero-order valence-electron chi connectivity index (χ0n) is 13.1. The predicted molar refractivity (Wildman–Crippen MR) is 90.9 cm³/mol. The lowest BCUT2D eigenvalue weighted by Crippen LogP contribution is -2.16. The SMILES string of the molecule is COc1ccccc1NC(=O)c1nnn(Cc2ccccc2)c1N. The molecule has 0 bridgehead atoms. The highest BCUT2D eigenvalue weighted by molar-refractivity contribution is 6.06. The van der Waals surface area contributed by atoms with Crippen LogP contribution in [0.25, 0.3) is 0 Å². The van der Waals surface area contributed by atoms with Crippen LogP contribution < -0.4 is 15.8 Å². The van der Waals surface area contributed by atoms with E-state index in [0.29, 0.717) is 18.0 Å². The summed E-state index contributed by atoms with van der Waals surface area (Å²) in [7, 11) is 1.54. The molecule has 0 spiro atoms. The van der Waals surface area contributed by atoms with E-state index in [2.05, 4.69) is 15.6 Å². The second kappa shape index (κ2) is 6.82. The van der Waals surface area contributed by atoms with Crippen molar-refractivity contribution >= 4 is 17.4 Å². The molecule has 1 heterocycles. The van der Waals surface area contributed by atoms with Gasteiger partial charge in [-0.2, -0.15) is 0 Å². The number of methoxy groups -OCH3 is 1. The Morgan fingerprint density at radius 1 is 1.17 bits per heavy atom. The van der Waals surface area contributed by atoms with Crippen molar-refractivity contribution in [2.45, 2.75) is 6.54 Å². The molecule has 7 nitrogen and oxygen atoms in total. The Morgan fingerprint density at radius 3 is 2.62 bits per heavy atom. The highest BCUT2D eigenvalue weighted by Crippen LogP contribution is 2.24. The highest BCUT2D eigenvalue weighted by Gasteiger charge is 2.18. The number of rotatable bonds is 5. The number of amides is 1. The molecular weight excluding hydrogens is 306 g/mol. The molecule has 1 aromatic heterocycles. The molecule has 0 aliphatic carbocycles. The van der Waals surface area contributed by atoms with Crippen LogP contribution in [0.4, 0.5) is 11.5 Å². The van der Waals surface area contributed by atoms with E-state index in [9.17, 15) is 4.79 Å². The Labute approximate surface area is 139 Å². The number of para-hydroxylation sites is 2. The number of nitrogens with one attached hydrogen (secondary N) is 1. The molecule has 0 aliphatic heterocycles. The van der Waals surface area contributed by atoms with E-state index >= 15 is 0 Å². The first-order chi connectivity index (χ1) is 11.7. The van der Waals surface area contributed by atoms with Crippen LogP contribution in [-0.4, -0.2) is 28.0 Å². The normalized spacial score (nSPS) is 10.4. The van der Waals surface area contributed by atoms with Crippen molar-refractivity contribution in [3.05, 3.63) is 65.9 Å². The molecule has 24 heavy (non-hydrogen) atoms. The molecule has 0 saturated carbocycles. The molecule has 7 heteroatoms. The number of hydrogen-bond donors (Lipinski definition) is 2. The summed E-state index contributed by atoms with van der Waals surface area (Å²) in [6.45, 7) is 0.446. The summed E-state index contributed by atoms with van der Waals surface area (Å²) in [5.41, 5.74) is 7.67. The zero-order valence-corrected chi connectivity index (χ0v) is 13.1. The van der Waals surface area contributed by atoms with Gasteiger partial charge in [-0.1, -0.05) is 47.7 Å². The van der Waals surface area contributed by atoms with Crippen molar-refractivity contribution in [1.82, 2.24) is 15.0 Å². The number of nitrogens with zero attached hydrogens (tertiary/aromatic N) is 3. The highest BCUT2D eigenvalue weighted by atomic mass is 16.5. The van der Waals surface area contributed by atoms with Crippen molar-refractivity contribution in [3.63, 3.8) is 0 Å². The summed E-state index contributed by atoms with van der Waals surface area (Å²) in [4.78, 5) is 12.4. The number of nitrogens with two attached hydrogens (primary N) is 1. The van der Waals surface area contributed by atoms with Gasteiger partial charge in [0.05, 0.1) is 19.3 Å². The van der Waals surface area contributed by atoms with Gasteiger partial charge < -0.3 is 15.8 Å². The third-order valence-electron chi connectivity index (χ3n) is 3.52. The molecule has 2 aromatic carbocycles. The Hall–Kier alpha value is -3.35. The van der Waals surface area contributed by atoms with Crippen LogP contribution in [0.15, 0.2) is 54.6 Å². The maximum Gasteiger partial charge on any atom is 0.280 e. The molecule has 0 fully saturated rings. The van der Waals surface area contributed by atoms with Crippen molar-refractivity contribution in [2.75, 3.05) is 18.2 Å². The van der Waals surface area contributed by atoms with Gasteiger partial charge in [-0.15, -0.1) is 5.10 Å². The maximum absolute atomic E-state index is 12.4. The summed E-state index contributed by atoms with van der Waals surface area (Å²) >= 11 is 0. The van der Waals surface area contributed by atoms with Gasteiger partial charge in [0.15, 0.2) is 11.5 Å². The van der Waals surface area contributed by atoms with E-state index in [1.807, 2.05) is 36.4 Å². The lowest BCUT2D eigenvalue weighted by molar-refractivity contribution is 0.102. The largest absolute Gasteiger partial charge is 0.495 e. The maximum atomic E-state index is 12.4. The van der Waals surface area contributed by atoms with Crippen LogP contribution in [0.5, 0.6) is 5.75 Å². The van der Waals surface area contributed by atoms with E-state index in [1.165, 1.54) is 11.8 Å². The molecule has 0 saturated heterocycles. The molecule has 0 aliphatic rings. The van der Waals surface area contributed by atoms with Gasteiger partial charge in [0.1, 0.15) is 5.75 Å². The zero-order chi connectivity index (χ0) is 16.9. The van der Waals surface area contributed by atoms with Gasteiger partial charge in [-0.05, 0) is 17.7 Å². The Morgan fingerprint density at radius 2 is 1.88 bits per heavy atom. The molecule has 0 radical (unpaired) electrons. The van der Waals surface area contributed by atoms with Crippen molar-refractivity contribution in [3.8, 4) is 5.75 Å². The van der Waals surface area contributed by atoms with Crippen LogP contribution in [-0.2, 0) is 6.54 Å². The standard InChI is InChI=1S/C17H17N5O2/c1-24-14-10-6-5-9-13(14)19-17(23)15-16(18)22(21-20-15)11-12-7-3-2-4-8-12/h2-10H,11,18H2,1H3,(H,19,23). The van der Waals surface area contributed by atoms with Crippen LogP contribution in [0.1, 0.15) is 16.1 Å². The van der Waals surface area contributed by atoms with E-state index in [4.69, 9.17) is 10.5 Å². The number of carbonyl (C=O) groups is 1. The quantitative estimate of drug-likeness (QED) is 0.750. The number of carbonyl (C=O) groups excluding carboxylic acids is 1. The first kappa shape index (κ1) is 15.5. The molecule has 1 amide bonds. The van der Waals surface area contributed by atoms with Gasteiger partial charge in [-0.3, -0.25) is 4.79 Å². The minimum absolute atomic E-state index is 0.0804. The van der Waals surface area contributed by atoms with E-state index < -0.39 is 5.91 Å². The Bertz CT molecular complexity index is 845. The van der Waals surface area contributed by atoms with Crippen molar-refractivity contribution in [2.24, 2.45) is 0 Å². The molecule has 0 unspecified atom stereocenters. The number of hydrogen-bond acceptors (Lipinski definition) is 5. The predicted octanol–water partition coefficient (Wildman–Crippen LogP) is 2.17. The minimum Gasteiger partial charge on any atom is -0.495 e. The average molecular weight is 323 g/mol. The minimum atomic E-state index is -0.434.